The number of rotatable bonds is 5. The molecule has 158 valence electrons. The van der Waals surface area contributed by atoms with Crippen LogP contribution < -0.4 is 15.5 Å². The number of piperazine rings is 1. The number of hydrogen-bond acceptors (Lipinski definition) is 7. The van der Waals surface area contributed by atoms with Gasteiger partial charge in [0.15, 0.2) is 0 Å². The van der Waals surface area contributed by atoms with E-state index in [1.807, 2.05) is 24.5 Å². The standard InChI is InChI=1S/C22H30N8/c1-22(2,3)30-10-8-29(9-11-30)16-6-7-19(23-13-16)28-21-26-17-12-20(25-15-4-5-15)24-14-18(17)27-21/h6-7,12-15H,4-5,8-11H2,1-3H3,(H,24,25)(H2,23,26,27,28). The van der Waals surface area contributed by atoms with Crippen LogP contribution in [0.15, 0.2) is 30.6 Å². The second-order valence-electron chi connectivity index (χ2n) is 9.26. The molecule has 5 rings (SSSR count). The maximum absolute atomic E-state index is 4.64. The molecule has 1 aliphatic carbocycles. The molecule has 4 heterocycles. The van der Waals surface area contributed by atoms with Crippen molar-refractivity contribution in [2.45, 2.75) is 45.2 Å². The molecular weight excluding hydrogens is 376 g/mol. The molecule has 0 spiro atoms. The van der Waals surface area contributed by atoms with Crippen LogP contribution in [-0.2, 0) is 0 Å². The van der Waals surface area contributed by atoms with Crippen molar-refractivity contribution in [2.24, 2.45) is 0 Å². The maximum atomic E-state index is 4.64. The number of pyridine rings is 2. The topological polar surface area (TPSA) is 85.0 Å². The Morgan fingerprint density at radius 3 is 2.43 bits per heavy atom. The molecular formula is C22H30N8. The van der Waals surface area contributed by atoms with Gasteiger partial charge in [-0.2, -0.15) is 0 Å². The molecule has 30 heavy (non-hydrogen) atoms. The number of nitrogens with zero attached hydrogens (tertiary/aromatic N) is 5. The number of hydrogen-bond donors (Lipinski definition) is 3. The lowest BCUT2D eigenvalue weighted by Crippen LogP contribution is -2.53. The van der Waals surface area contributed by atoms with Gasteiger partial charge < -0.3 is 20.5 Å². The first-order valence-electron chi connectivity index (χ1n) is 10.8. The lowest BCUT2D eigenvalue weighted by atomic mass is 10.0. The molecule has 2 fully saturated rings. The third kappa shape index (κ3) is 4.18. The van der Waals surface area contributed by atoms with Crippen molar-refractivity contribution >= 4 is 34.3 Å². The Labute approximate surface area is 177 Å². The second kappa shape index (κ2) is 7.43. The minimum absolute atomic E-state index is 0.231. The molecule has 0 unspecified atom stereocenters. The zero-order chi connectivity index (χ0) is 20.7. The summed E-state index contributed by atoms with van der Waals surface area (Å²) in [5.74, 6) is 2.34. The van der Waals surface area contributed by atoms with Gasteiger partial charge in [-0.05, 0) is 45.7 Å². The first kappa shape index (κ1) is 19.1. The Balaban J connectivity index is 1.23. The van der Waals surface area contributed by atoms with Crippen molar-refractivity contribution in [1.82, 2.24) is 24.8 Å². The molecule has 1 saturated carbocycles. The molecule has 0 amide bonds. The zero-order valence-corrected chi connectivity index (χ0v) is 17.9. The van der Waals surface area contributed by atoms with Crippen LogP contribution in [0.4, 0.5) is 23.3 Å². The maximum Gasteiger partial charge on any atom is 0.206 e. The Kier molecular flexibility index (Phi) is 4.73. The second-order valence-corrected chi connectivity index (χ2v) is 9.26. The first-order valence-corrected chi connectivity index (χ1v) is 10.8. The van der Waals surface area contributed by atoms with Gasteiger partial charge >= 0.3 is 0 Å². The monoisotopic (exact) mass is 406 g/mol. The summed E-state index contributed by atoms with van der Waals surface area (Å²) in [6, 6.07) is 6.70. The van der Waals surface area contributed by atoms with Crippen LogP contribution in [0.3, 0.4) is 0 Å². The smallest absolute Gasteiger partial charge is 0.206 e. The number of H-pyrrole nitrogens is 1. The lowest BCUT2D eigenvalue weighted by Gasteiger charge is -2.42. The van der Waals surface area contributed by atoms with E-state index in [0.717, 1.165) is 48.8 Å². The summed E-state index contributed by atoms with van der Waals surface area (Å²) >= 11 is 0. The Morgan fingerprint density at radius 1 is 1.00 bits per heavy atom. The molecule has 3 aromatic heterocycles. The average Bonchev–Trinajstić information content (AvgIpc) is 3.45. The van der Waals surface area contributed by atoms with Gasteiger partial charge in [0, 0.05) is 43.8 Å². The predicted octanol–water partition coefficient (Wildman–Crippen LogP) is 3.59. The third-order valence-electron chi connectivity index (χ3n) is 5.88. The van der Waals surface area contributed by atoms with Crippen LogP contribution in [-0.4, -0.2) is 62.6 Å². The fourth-order valence-electron chi connectivity index (χ4n) is 3.89. The van der Waals surface area contributed by atoms with Gasteiger partial charge in [-0.3, -0.25) is 4.90 Å². The SMILES string of the molecule is CC(C)(C)N1CCN(c2ccc(Nc3nc4cc(NC5CC5)ncc4[nH]3)nc2)CC1. The van der Waals surface area contributed by atoms with E-state index in [9.17, 15) is 0 Å². The van der Waals surface area contributed by atoms with Gasteiger partial charge in [0.1, 0.15) is 11.6 Å². The summed E-state index contributed by atoms with van der Waals surface area (Å²) in [5, 5.41) is 6.68. The van der Waals surface area contributed by atoms with E-state index in [1.165, 1.54) is 18.5 Å². The van der Waals surface area contributed by atoms with E-state index in [1.54, 1.807) is 0 Å². The molecule has 0 radical (unpaired) electrons. The van der Waals surface area contributed by atoms with Crippen molar-refractivity contribution in [3.8, 4) is 0 Å². The van der Waals surface area contributed by atoms with E-state index in [2.05, 4.69) is 67.2 Å². The van der Waals surface area contributed by atoms with Crippen molar-refractivity contribution < 1.29 is 0 Å². The highest BCUT2D eigenvalue weighted by molar-refractivity contribution is 5.80. The molecule has 3 aromatic rings. The molecule has 1 aliphatic heterocycles. The van der Waals surface area contributed by atoms with Crippen LogP contribution in [0.5, 0.6) is 0 Å². The minimum Gasteiger partial charge on any atom is -0.368 e. The summed E-state index contributed by atoms with van der Waals surface area (Å²) in [7, 11) is 0. The van der Waals surface area contributed by atoms with Gasteiger partial charge in [-0.1, -0.05) is 0 Å². The van der Waals surface area contributed by atoms with E-state index < -0.39 is 0 Å². The van der Waals surface area contributed by atoms with Crippen LogP contribution in [0.1, 0.15) is 33.6 Å². The van der Waals surface area contributed by atoms with Crippen molar-refractivity contribution in [3.05, 3.63) is 30.6 Å². The van der Waals surface area contributed by atoms with Crippen LogP contribution in [0, 0.1) is 0 Å². The fourth-order valence-corrected chi connectivity index (χ4v) is 3.89. The minimum atomic E-state index is 0.231. The molecule has 0 bridgehead atoms. The largest absolute Gasteiger partial charge is 0.368 e. The molecule has 8 heteroatoms. The summed E-state index contributed by atoms with van der Waals surface area (Å²) in [6.07, 6.45) is 6.21. The van der Waals surface area contributed by atoms with Crippen LogP contribution >= 0.6 is 0 Å². The van der Waals surface area contributed by atoms with Crippen LogP contribution in [0.2, 0.25) is 0 Å². The summed E-state index contributed by atoms with van der Waals surface area (Å²) in [5.41, 5.74) is 3.20. The normalized spacial score (nSPS) is 18.0. The van der Waals surface area contributed by atoms with Gasteiger partial charge in [0.25, 0.3) is 0 Å². The number of aromatic nitrogens is 4. The zero-order valence-electron chi connectivity index (χ0n) is 17.9. The number of imidazole rings is 1. The van der Waals surface area contributed by atoms with Gasteiger partial charge in [-0.25, -0.2) is 15.0 Å². The van der Waals surface area contributed by atoms with Crippen molar-refractivity contribution in [1.29, 1.82) is 0 Å². The molecule has 1 saturated heterocycles. The van der Waals surface area contributed by atoms with Gasteiger partial charge in [-0.15, -0.1) is 0 Å². The molecule has 0 aromatic carbocycles. The number of anilines is 4. The Morgan fingerprint density at radius 2 is 1.77 bits per heavy atom. The van der Waals surface area contributed by atoms with E-state index >= 15 is 0 Å². The molecule has 8 nitrogen and oxygen atoms in total. The number of nitrogens with one attached hydrogen (secondary N) is 3. The number of fused-ring (bicyclic) bond motifs is 1. The van der Waals surface area contributed by atoms with E-state index in [0.29, 0.717) is 12.0 Å². The number of aromatic amines is 1. The van der Waals surface area contributed by atoms with Crippen molar-refractivity contribution in [2.75, 3.05) is 41.7 Å². The average molecular weight is 407 g/mol. The summed E-state index contributed by atoms with van der Waals surface area (Å²) < 4.78 is 0. The molecule has 0 atom stereocenters. The van der Waals surface area contributed by atoms with Gasteiger partial charge in [0.2, 0.25) is 5.95 Å². The van der Waals surface area contributed by atoms with Crippen molar-refractivity contribution in [3.63, 3.8) is 0 Å². The lowest BCUT2D eigenvalue weighted by molar-refractivity contribution is 0.128. The molecule has 2 aliphatic rings. The van der Waals surface area contributed by atoms with Gasteiger partial charge in [0.05, 0.1) is 29.1 Å². The first-order chi connectivity index (χ1) is 14.4. The Hall–Kier alpha value is -2.87. The predicted molar refractivity (Wildman–Crippen MR) is 122 cm³/mol. The fraction of sp³-hybridized carbons (Fsp3) is 0.500. The highest BCUT2D eigenvalue weighted by atomic mass is 15.3. The van der Waals surface area contributed by atoms with E-state index in [-0.39, 0.29) is 5.54 Å². The van der Waals surface area contributed by atoms with E-state index in [4.69, 9.17) is 0 Å². The quantitative estimate of drug-likeness (QED) is 0.597. The summed E-state index contributed by atoms with van der Waals surface area (Å²) in [6.45, 7) is 11.1. The Bertz CT molecular complexity index is 1010. The highest BCUT2D eigenvalue weighted by Crippen LogP contribution is 2.26. The molecule has 3 N–H and O–H groups in total. The van der Waals surface area contributed by atoms with Crippen LogP contribution in [0.25, 0.3) is 11.0 Å². The summed E-state index contributed by atoms with van der Waals surface area (Å²) in [4.78, 5) is 21.9. The third-order valence-corrected chi connectivity index (χ3v) is 5.88. The highest BCUT2D eigenvalue weighted by Gasteiger charge is 2.26.